The molecule has 8 nitrogen and oxygen atoms in total. The lowest BCUT2D eigenvalue weighted by atomic mass is 9.95. The summed E-state index contributed by atoms with van der Waals surface area (Å²) in [6.07, 6.45) is 7.21. The predicted octanol–water partition coefficient (Wildman–Crippen LogP) is 2.40. The van der Waals surface area contributed by atoms with Gasteiger partial charge < -0.3 is 10.2 Å². The Bertz CT molecular complexity index is 811. The minimum Gasteiger partial charge on any atom is -0.324 e. The predicted molar refractivity (Wildman–Crippen MR) is 92.5 cm³/mol. The molecule has 3 heterocycles. The summed E-state index contributed by atoms with van der Waals surface area (Å²) in [5, 5.41) is 17.7. The van der Waals surface area contributed by atoms with Gasteiger partial charge in [0.2, 0.25) is 0 Å². The van der Waals surface area contributed by atoms with Crippen molar-refractivity contribution in [2.45, 2.75) is 18.8 Å². The largest absolute Gasteiger partial charge is 0.324 e. The zero-order chi connectivity index (χ0) is 17.1. The first-order valence-electron chi connectivity index (χ1n) is 8.31. The molecule has 0 radical (unpaired) electrons. The summed E-state index contributed by atoms with van der Waals surface area (Å²) in [6, 6.07) is 9.44. The molecule has 3 aromatic rings. The molecule has 0 spiro atoms. The van der Waals surface area contributed by atoms with E-state index in [1.807, 2.05) is 35.2 Å². The van der Waals surface area contributed by atoms with Crippen molar-refractivity contribution in [2.24, 2.45) is 0 Å². The van der Waals surface area contributed by atoms with Gasteiger partial charge in [0.25, 0.3) is 0 Å². The van der Waals surface area contributed by atoms with Gasteiger partial charge >= 0.3 is 6.03 Å². The Hall–Kier alpha value is -3.16. The Balaban J connectivity index is 1.39. The van der Waals surface area contributed by atoms with Gasteiger partial charge in [-0.25, -0.2) is 9.48 Å². The van der Waals surface area contributed by atoms with E-state index in [0.29, 0.717) is 12.5 Å². The van der Waals surface area contributed by atoms with Crippen LogP contribution < -0.4 is 5.32 Å². The number of H-pyrrole nitrogens is 1. The molecule has 2 aromatic heterocycles. The SMILES string of the molecule is O=C(Nc1ccc(-n2ccnn2)cc1)N1CCC[C@H](c2ccn[nH]2)C1. The van der Waals surface area contributed by atoms with Crippen molar-refractivity contribution in [3.63, 3.8) is 0 Å². The maximum absolute atomic E-state index is 12.6. The number of hydrogen-bond acceptors (Lipinski definition) is 4. The van der Waals surface area contributed by atoms with Crippen LogP contribution in [-0.4, -0.2) is 49.2 Å². The molecule has 25 heavy (non-hydrogen) atoms. The molecule has 0 bridgehead atoms. The van der Waals surface area contributed by atoms with E-state index in [1.165, 1.54) is 0 Å². The van der Waals surface area contributed by atoms with E-state index < -0.39 is 0 Å². The normalized spacial score (nSPS) is 17.4. The van der Waals surface area contributed by atoms with Gasteiger partial charge in [-0.1, -0.05) is 5.21 Å². The van der Waals surface area contributed by atoms with Crippen molar-refractivity contribution in [1.29, 1.82) is 0 Å². The van der Waals surface area contributed by atoms with Crippen LogP contribution in [0.5, 0.6) is 0 Å². The number of nitrogens with one attached hydrogen (secondary N) is 2. The molecule has 0 aliphatic carbocycles. The van der Waals surface area contributed by atoms with E-state index in [4.69, 9.17) is 0 Å². The maximum Gasteiger partial charge on any atom is 0.321 e. The van der Waals surface area contributed by atoms with E-state index in [-0.39, 0.29) is 6.03 Å². The molecule has 1 saturated heterocycles. The molecule has 2 amide bonds. The fourth-order valence-corrected chi connectivity index (χ4v) is 3.16. The highest BCUT2D eigenvalue weighted by atomic mass is 16.2. The van der Waals surface area contributed by atoms with Crippen molar-refractivity contribution in [2.75, 3.05) is 18.4 Å². The number of carbonyl (C=O) groups is 1. The topological polar surface area (TPSA) is 91.7 Å². The fraction of sp³-hybridized carbons (Fsp3) is 0.294. The summed E-state index contributed by atoms with van der Waals surface area (Å²) in [6.45, 7) is 1.47. The van der Waals surface area contributed by atoms with Crippen LogP contribution in [0.3, 0.4) is 0 Å². The molecular formula is C17H19N7O. The molecule has 1 atom stereocenters. The molecule has 4 rings (SSSR count). The number of nitrogens with zero attached hydrogens (tertiary/aromatic N) is 5. The average molecular weight is 337 g/mol. The third-order valence-electron chi connectivity index (χ3n) is 4.48. The number of aromatic nitrogens is 5. The first-order valence-corrected chi connectivity index (χ1v) is 8.31. The highest BCUT2D eigenvalue weighted by Crippen LogP contribution is 2.25. The Morgan fingerprint density at radius 3 is 2.80 bits per heavy atom. The van der Waals surface area contributed by atoms with E-state index >= 15 is 0 Å². The lowest BCUT2D eigenvalue weighted by Gasteiger charge is -2.32. The van der Waals surface area contributed by atoms with Gasteiger partial charge in [-0.3, -0.25) is 5.10 Å². The summed E-state index contributed by atoms with van der Waals surface area (Å²) in [7, 11) is 0. The molecule has 8 heteroatoms. The standard InChI is InChI=1S/C17H19N7O/c25-17(23-10-1-2-13(12-23)16-7-8-18-21-16)20-14-3-5-15(6-4-14)24-11-9-19-22-24/h3-9,11,13H,1-2,10,12H2,(H,18,21)(H,20,25)/t13-/m0/s1. The number of likely N-dealkylation sites (tertiary alicyclic amines) is 1. The summed E-state index contributed by atoms with van der Waals surface area (Å²) < 4.78 is 1.67. The van der Waals surface area contributed by atoms with E-state index in [9.17, 15) is 4.79 Å². The van der Waals surface area contributed by atoms with Crippen molar-refractivity contribution < 1.29 is 4.79 Å². The Labute approximate surface area is 144 Å². The molecular weight excluding hydrogens is 318 g/mol. The van der Waals surface area contributed by atoms with Crippen LogP contribution in [0.1, 0.15) is 24.5 Å². The van der Waals surface area contributed by atoms with Gasteiger partial charge in [0.1, 0.15) is 0 Å². The number of amides is 2. The van der Waals surface area contributed by atoms with E-state index in [0.717, 1.165) is 36.5 Å². The zero-order valence-electron chi connectivity index (χ0n) is 13.7. The van der Waals surface area contributed by atoms with Crippen molar-refractivity contribution in [1.82, 2.24) is 30.1 Å². The first-order chi connectivity index (χ1) is 12.3. The second-order valence-electron chi connectivity index (χ2n) is 6.12. The smallest absolute Gasteiger partial charge is 0.321 e. The second kappa shape index (κ2) is 6.76. The van der Waals surface area contributed by atoms with Crippen LogP contribution in [0.2, 0.25) is 0 Å². The van der Waals surface area contributed by atoms with Crippen molar-refractivity contribution >= 4 is 11.7 Å². The Morgan fingerprint density at radius 2 is 2.08 bits per heavy atom. The van der Waals surface area contributed by atoms with Crippen LogP contribution in [0, 0.1) is 0 Å². The van der Waals surface area contributed by atoms with Crippen LogP contribution in [-0.2, 0) is 0 Å². The average Bonchev–Trinajstić information content (AvgIpc) is 3.36. The number of benzene rings is 1. The lowest BCUT2D eigenvalue weighted by molar-refractivity contribution is 0.192. The van der Waals surface area contributed by atoms with Crippen LogP contribution in [0.15, 0.2) is 48.9 Å². The minimum atomic E-state index is -0.0716. The maximum atomic E-state index is 12.6. The number of aromatic amines is 1. The highest BCUT2D eigenvalue weighted by Gasteiger charge is 2.25. The van der Waals surface area contributed by atoms with Gasteiger partial charge in [0, 0.05) is 36.6 Å². The zero-order valence-corrected chi connectivity index (χ0v) is 13.7. The Morgan fingerprint density at radius 1 is 1.20 bits per heavy atom. The molecule has 1 aromatic carbocycles. The van der Waals surface area contributed by atoms with Gasteiger partial charge in [-0.05, 0) is 43.2 Å². The van der Waals surface area contributed by atoms with Gasteiger partial charge in [0.05, 0.1) is 18.1 Å². The quantitative estimate of drug-likeness (QED) is 0.768. The number of piperidine rings is 1. The molecule has 1 aliphatic heterocycles. The third-order valence-corrected chi connectivity index (χ3v) is 4.48. The van der Waals surface area contributed by atoms with Gasteiger partial charge in [-0.15, -0.1) is 5.10 Å². The highest BCUT2D eigenvalue weighted by molar-refractivity contribution is 5.89. The van der Waals surface area contributed by atoms with E-state index in [1.54, 1.807) is 23.3 Å². The van der Waals surface area contributed by atoms with Crippen molar-refractivity contribution in [3.05, 3.63) is 54.6 Å². The molecule has 1 aliphatic rings. The number of anilines is 1. The minimum absolute atomic E-state index is 0.0716. The van der Waals surface area contributed by atoms with E-state index in [2.05, 4.69) is 25.8 Å². The molecule has 2 N–H and O–H groups in total. The number of hydrogen-bond donors (Lipinski definition) is 2. The van der Waals surface area contributed by atoms with Gasteiger partial charge in [-0.2, -0.15) is 5.10 Å². The Kier molecular flexibility index (Phi) is 4.16. The summed E-state index contributed by atoms with van der Waals surface area (Å²) in [5.41, 5.74) is 2.75. The van der Waals surface area contributed by atoms with Crippen molar-refractivity contribution in [3.8, 4) is 5.69 Å². The summed E-state index contributed by atoms with van der Waals surface area (Å²) in [5.74, 6) is 0.316. The fourth-order valence-electron chi connectivity index (χ4n) is 3.16. The second-order valence-corrected chi connectivity index (χ2v) is 6.12. The van der Waals surface area contributed by atoms with Crippen LogP contribution >= 0.6 is 0 Å². The molecule has 0 unspecified atom stereocenters. The molecule has 1 fully saturated rings. The molecule has 0 saturated carbocycles. The first kappa shape index (κ1) is 15.4. The summed E-state index contributed by atoms with van der Waals surface area (Å²) >= 11 is 0. The lowest BCUT2D eigenvalue weighted by Crippen LogP contribution is -2.41. The van der Waals surface area contributed by atoms with Crippen LogP contribution in [0.4, 0.5) is 10.5 Å². The number of carbonyl (C=O) groups excluding carboxylic acids is 1. The monoisotopic (exact) mass is 337 g/mol. The summed E-state index contributed by atoms with van der Waals surface area (Å²) in [4.78, 5) is 14.4. The van der Waals surface area contributed by atoms with Crippen LogP contribution in [0.25, 0.3) is 5.69 Å². The number of urea groups is 1. The molecule has 128 valence electrons. The van der Waals surface area contributed by atoms with Gasteiger partial charge in [0.15, 0.2) is 0 Å². The number of rotatable bonds is 3. The third kappa shape index (κ3) is 3.37.